The summed E-state index contributed by atoms with van der Waals surface area (Å²) in [6.07, 6.45) is -4.94. The lowest BCUT2D eigenvalue weighted by atomic mass is 10.1. The Bertz CT molecular complexity index is 978. The largest absolute Gasteiger partial charge is 0.395 e. The van der Waals surface area contributed by atoms with E-state index in [9.17, 15) is 22.4 Å². The van der Waals surface area contributed by atoms with Gasteiger partial charge in [-0.05, 0) is 17.0 Å². The first-order chi connectivity index (χ1) is 14.8. The molecule has 168 valence electrons. The van der Waals surface area contributed by atoms with Crippen LogP contribution in [0.5, 0.6) is 0 Å². The number of oxime groups is 1. The summed E-state index contributed by atoms with van der Waals surface area (Å²) in [7, 11) is 0. The van der Waals surface area contributed by atoms with Gasteiger partial charge in [-0.3, -0.25) is 4.79 Å². The Kier molecular flexibility index (Phi) is 6.33. The molecular formula is C20H22F4N4O2S. The minimum absolute atomic E-state index is 0.00817. The number of halogens is 4. The van der Waals surface area contributed by atoms with E-state index in [2.05, 4.69) is 21.1 Å². The Morgan fingerprint density at radius 1 is 1.29 bits per heavy atom. The number of hydrogen-bond donors (Lipinski definition) is 3. The number of thiophene rings is 1. The van der Waals surface area contributed by atoms with Crippen molar-refractivity contribution in [2.24, 2.45) is 11.1 Å². The van der Waals surface area contributed by atoms with Gasteiger partial charge in [-0.2, -0.15) is 13.2 Å². The molecule has 1 aromatic carbocycles. The van der Waals surface area contributed by atoms with Gasteiger partial charge in [0.1, 0.15) is 12.8 Å². The first kappa shape index (κ1) is 21.8. The highest BCUT2D eigenvalue weighted by Gasteiger charge is 2.32. The minimum atomic E-state index is -4.39. The molecule has 1 aromatic heterocycles. The number of hydrogen-bond acceptors (Lipinski definition) is 6. The smallest absolute Gasteiger partial charge is 0.393 e. The van der Waals surface area contributed by atoms with Gasteiger partial charge in [0.25, 0.3) is 0 Å². The Morgan fingerprint density at radius 3 is 2.81 bits per heavy atom. The SMILES string of the molecule is O=C1CC(CO/N=C/c2sc3c(N[C@@H]4CNC[C@@H]4F)cccc3c2CC(F)(F)F)CN1. The van der Waals surface area contributed by atoms with Crippen LogP contribution in [0.25, 0.3) is 10.1 Å². The van der Waals surface area contributed by atoms with Gasteiger partial charge in [-0.25, -0.2) is 4.39 Å². The summed E-state index contributed by atoms with van der Waals surface area (Å²) in [4.78, 5) is 16.8. The maximum atomic E-state index is 14.0. The second kappa shape index (κ2) is 8.99. The van der Waals surface area contributed by atoms with Crippen molar-refractivity contribution in [2.45, 2.75) is 31.2 Å². The highest BCUT2D eigenvalue weighted by atomic mass is 32.1. The Labute approximate surface area is 180 Å². The lowest BCUT2D eigenvalue weighted by Crippen LogP contribution is -2.29. The molecular weight excluding hydrogens is 436 g/mol. The highest BCUT2D eigenvalue weighted by molar-refractivity contribution is 7.21. The molecule has 2 aliphatic rings. The van der Waals surface area contributed by atoms with E-state index >= 15 is 0 Å². The van der Waals surface area contributed by atoms with Crippen LogP contribution < -0.4 is 16.0 Å². The zero-order valence-corrected chi connectivity index (χ0v) is 17.3. The predicted octanol–water partition coefficient (Wildman–Crippen LogP) is 3.21. The van der Waals surface area contributed by atoms with E-state index in [-0.39, 0.29) is 30.5 Å². The fraction of sp³-hybridized carbons (Fsp3) is 0.500. The third kappa shape index (κ3) is 5.27. The molecule has 3 atom stereocenters. The van der Waals surface area contributed by atoms with Crippen LogP contribution >= 0.6 is 11.3 Å². The van der Waals surface area contributed by atoms with E-state index in [1.165, 1.54) is 6.21 Å². The summed E-state index contributed by atoms with van der Waals surface area (Å²) in [5.41, 5.74) is 0.709. The molecule has 3 N–H and O–H groups in total. The van der Waals surface area contributed by atoms with Crippen LogP contribution in [-0.4, -0.2) is 56.8 Å². The van der Waals surface area contributed by atoms with Crippen molar-refractivity contribution < 1.29 is 27.2 Å². The van der Waals surface area contributed by atoms with E-state index in [0.29, 0.717) is 40.2 Å². The number of anilines is 1. The van der Waals surface area contributed by atoms with E-state index < -0.39 is 24.8 Å². The number of amides is 1. The number of carbonyl (C=O) groups excluding carboxylic acids is 1. The van der Waals surface area contributed by atoms with Gasteiger partial charge in [-0.1, -0.05) is 17.3 Å². The lowest BCUT2D eigenvalue weighted by molar-refractivity contribution is -0.127. The van der Waals surface area contributed by atoms with Gasteiger partial charge in [0.15, 0.2) is 0 Å². The molecule has 4 rings (SSSR count). The van der Waals surface area contributed by atoms with Crippen molar-refractivity contribution in [1.29, 1.82) is 0 Å². The third-order valence-electron chi connectivity index (χ3n) is 5.32. The van der Waals surface area contributed by atoms with Gasteiger partial charge in [0.05, 0.1) is 33.9 Å². The average Bonchev–Trinajstić information content (AvgIpc) is 3.39. The van der Waals surface area contributed by atoms with Gasteiger partial charge >= 0.3 is 6.18 Å². The van der Waals surface area contributed by atoms with Crippen LogP contribution in [0.4, 0.5) is 23.2 Å². The number of alkyl halides is 4. The summed E-state index contributed by atoms with van der Waals surface area (Å²) in [5, 5.41) is 13.1. The van der Waals surface area contributed by atoms with E-state index in [0.717, 1.165) is 11.3 Å². The standard InChI is InChI=1S/C20H22F4N4O2S/c21-14-7-25-8-16(14)28-15-3-1-2-12-13(5-20(22,23)24)17(31-19(12)15)9-27-30-10-11-4-18(29)26-6-11/h1-3,9,11,14,16,25,28H,4-8,10H2,(H,26,29)/b27-9+/t11?,14-,16+/m0/s1. The van der Waals surface area contributed by atoms with Gasteiger partial charge < -0.3 is 20.8 Å². The second-order valence-corrected chi connectivity index (χ2v) is 8.80. The summed E-state index contributed by atoms with van der Waals surface area (Å²) >= 11 is 1.16. The Balaban J connectivity index is 1.58. The van der Waals surface area contributed by atoms with E-state index in [4.69, 9.17) is 4.84 Å². The molecule has 0 spiro atoms. The summed E-state index contributed by atoms with van der Waals surface area (Å²) in [6, 6.07) is 4.59. The normalized spacial score (nSPS) is 24.3. The van der Waals surface area contributed by atoms with Crippen LogP contribution in [-0.2, 0) is 16.1 Å². The molecule has 0 saturated carbocycles. The molecule has 6 nitrogen and oxygen atoms in total. The first-order valence-corrected chi connectivity index (χ1v) is 10.8. The van der Waals surface area contributed by atoms with Crippen molar-refractivity contribution in [3.63, 3.8) is 0 Å². The number of benzene rings is 1. The molecule has 3 heterocycles. The second-order valence-electron chi connectivity index (χ2n) is 7.75. The molecule has 0 bridgehead atoms. The molecule has 2 aliphatic heterocycles. The summed E-state index contributed by atoms with van der Waals surface area (Å²) in [5.74, 6) is -0.0614. The highest BCUT2D eigenvalue weighted by Crippen LogP contribution is 2.39. The minimum Gasteiger partial charge on any atom is -0.395 e. The van der Waals surface area contributed by atoms with Crippen molar-refractivity contribution in [1.82, 2.24) is 10.6 Å². The number of nitrogens with one attached hydrogen (secondary N) is 3. The molecule has 1 unspecified atom stereocenters. The van der Waals surface area contributed by atoms with Crippen molar-refractivity contribution in [2.75, 3.05) is 31.6 Å². The van der Waals surface area contributed by atoms with Gasteiger partial charge in [0, 0.05) is 32.0 Å². The topological polar surface area (TPSA) is 74.8 Å². The van der Waals surface area contributed by atoms with Crippen LogP contribution in [0.2, 0.25) is 0 Å². The molecule has 31 heavy (non-hydrogen) atoms. The zero-order valence-electron chi connectivity index (χ0n) is 16.5. The fourth-order valence-corrected chi connectivity index (χ4v) is 4.95. The number of nitrogens with zero attached hydrogens (tertiary/aromatic N) is 1. The number of fused-ring (bicyclic) bond motifs is 1. The maximum Gasteiger partial charge on any atom is 0.393 e. The monoisotopic (exact) mass is 458 g/mol. The maximum absolute atomic E-state index is 14.0. The molecule has 2 saturated heterocycles. The average molecular weight is 458 g/mol. The molecule has 0 aliphatic carbocycles. The molecule has 0 radical (unpaired) electrons. The molecule has 11 heteroatoms. The quantitative estimate of drug-likeness (QED) is 0.339. The van der Waals surface area contributed by atoms with E-state index in [1.54, 1.807) is 18.2 Å². The number of carbonyl (C=O) groups is 1. The fourth-order valence-electron chi connectivity index (χ4n) is 3.79. The van der Waals surface area contributed by atoms with Crippen LogP contribution in [0, 0.1) is 5.92 Å². The van der Waals surface area contributed by atoms with Crippen LogP contribution in [0.3, 0.4) is 0 Å². The van der Waals surface area contributed by atoms with Crippen molar-refractivity contribution in [3.05, 3.63) is 28.6 Å². The molecule has 1 amide bonds. The Hall–Kier alpha value is -2.40. The molecule has 2 aromatic rings. The number of rotatable bonds is 7. The molecule has 2 fully saturated rings. The van der Waals surface area contributed by atoms with E-state index in [1.807, 2.05) is 0 Å². The van der Waals surface area contributed by atoms with Crippen LogP contribution in [0.15, 0.2) is 23.4 Å². The third-order valence-corrected chi connectivity index (χ3v) is 6.54. The Morgan fingerprint density at radius 2 is 2.13 bits per heavy atom. The van der Waals surface area contributed by atoms with Crippen molar-refractivity contribution >= 4 is 39.2 Å². The summed E-state index contributed by atoms with van der Waals surface area (Å²) < 4.78 is 54.4. The predicted molar refractivity (Wildman–Crippen MR) is 111 cm³/mol. The lowest BCUT2D eigenvalue weighted by Gasteiger charge is -2.16. The summed E-state index contributed by atoms with van der Waals surface area (Å²) in [6.45, 7) is 1.39. The van der Waals surface area contributed by atoms with Gasteiger partial charge in [-0.15, -0.1) is 11.3 Å². The first-order valence-electron chi connectivity index (χ1n) is 9.94. The van der Waals surface area contributed by atoms with Crippen LogP contribution in [0.1, 0.15) is 16.9 Å². The van der Waals surface area contributed by atoms with Crippen molar-refractivity contribution in [3.8, 4) is 0 Å². The van der Waals surface area contributed by atoms with Gasteiger partial charge in [0.2, 0.25) is 5.91 Å². The zero-order chi connectivity index (χ0) is 22.0.